The Morgan fingerprint density at radius 1 is 1.35 bits per heavy atom. The van der Waals surface area contributed by atoms with Gasteiger partial charge in [-0.3, -0.25) is 9.59 Å². The van der Waals surface area contributed by atoms with Crippen LogP contribution in [0.25, 0.3) is 6.08 Å². The van der Waals surface area contributed by atoms with Gasteiger partial charge in [0, 0.05) is 35.6 Å². The van der Waals surface area contributed by atoms with E-state index in [-0.39, 0.29) is 17.7 Å². The van der Waals surface area contributed by atoms with Gasteiger partial charge in [-0.25, -0.2) is 4.98 Å². The molecular weight excluding hydrogens is 330 g/mol. The summed E-state index contributed by atoms with van der Waals surface area (Å²) in [6.07, 6.45) is 6.72. The lowest BCUT2D eigenvalue weighted by Gasteiger charge is -2.31. The molecule has 0 saturated carbocycles. The first-order valence-corrected chi connectivity index (χ1v) is 9.19. The Balaban J connectivity index is 1.57. The Morgan fingerprint density at radius 2 is 2.26 bits per heavy atom. The zero-order chi connectivity index (χ0) is 16.1. The number of rotatable bonds is 4. The third-order valence-electron chi connectivity index (χ3n) is 3.70. The molecule has 5 nitrogen and oxygen atoms in total. The summed E-state index contributed by atoms with van der Waals surface area (Å²) >= 11 is 2.99. The fraction of sp³-hybridized carbons (Fsp3) is 0.312. The maximum absolute atomic E-state index is 12.3. The number of hydrogen-bond donors (Lipinski definition) is 1. The molecule has 0 aliphatic carbocycles. The number of thiophene rings is 1. The molecule has 1 fully saturated rings. The average molecular weight is 347 g/mol. The number of thiazole rings is 1. The highest BCUT2D eigenvalue weighted by Crippen LogP contribution is 2.20. The van der Waals surface area contributed by atoms with Gasteiger partial charge < -0.3 is 10.2 Å². The Kier molecular flexibility index (Phi) is 5.19. The van der Waals surface area contributed by atoms with Crippen LogP contribution in [0.2, 0.25) is 0 Å². The van der Waals surface area contributed by atoms with E-state index in [1.807, 2.05) is 29.0 Å². The first kappa shape index (κ1) is 15.9. The minimum absolute atomic E-state index is 0.0369. The summed E-state index contributed by atoms with van der Waals surface area (Å²) in [6.45, 7) is 1.17. The molecule has 1 unspecified atom stereocenters. The molecule has 120 valence electrons. The van der Waals surface area contributed by atoms with Crippen LogP contribution in [-0.4, -0.2) is 34.8 Å². The number of likely N-dealkylation sites (tertiary alicyclic amines) is 1. The number of carbonyl (C=O) groups is 2. The van der Waals surface area contributed by atoms with Crippen LogP contribution in [-0.2, 0) is 9.59 Å². The number of nitrogens with one attached hydrogen (secondary N) is 1. The zero-order valence-electron chi connectivity index (χ0n) is 12.5. The molecule has 1 aliphatic rings. The van der Waals surface area contributed by atoms with E-state index < -0.39 is 0 Å². The van der Waals surface area contributed by atoms with Crippen LogP contribution < -0.4 is 5.32 Å². The predicted molar refractivity (Wildman–Crippen MR) is 93.4 cm³/mol. The molecule has 0 aromatic carbocycles. The Labute approximate surface area is 142 Å². The van der Waals surface area contributed by atoms with Crippen LogP contribution in [0.1, 0.15) is 17.7 Å². The highest BCUT2D eigenvalue weighted by Gasteiger charge is 2.27. The van der Waals surface area contributed by atoms with Gasteiger partial charge in [0.25, 0.3) is 0 Å². The van der Waals surface area contributed by atoms with Crippen LogP contribution in [0.4, 0.5) is 5.13 Å². The van der Waals surface area contributed by atoms with Gasteiger partial charge >= 0.3 is 0 Å². The molecule has 2 amide bonds. The third-order valence-corrected chi connectivity index (χ3v) is 5.23. The number of carbonyl (C=O) groups excluding carboxylic acids is 2. The quantitative estimate of drug-likeness (QED) is 0.865. The van der Waals surface area contributed by atoms with E-state index >= 15 is 0 Å². The lowest BCUT2D eigenvalue weighted by atomic mass is 9.97. The van der Waals surface area contributed by atoms with Crippen molar-refractivity contribution in [2.75, 3.05) is 18.4 Å². The van der Waals surface area contributed by atoms with E-state index in [1.165, 1.54) is 11.3 Å². The van der Waals surface area contributed by atoms with Gasteiger partial charge in [0.15, 0.2) is 5.13 Å². The smallest absolute Gasteiger partial charge is 0.246 e. The van der Waals surface area contributed by atoms with Crippen molar-refractivity contribution in [1.29, 1.82) is 0 Å². The largest absolute Gasteiger partial charge is 0.338 e. The first-order valence-electron chi connectivity index (χ1n) is 7.43. The molecule has 1 saturated heterocycles. The number of aromatic nitrogens is 1. The van der Waals surface area contributed by atoms with Crippen molar-refractivity contribution in [3.63, 3.8) is 0 Å². The minimum atomic E-state index is -0.174. The molecule has 23 heavy (non-hydrogen) atoms. The monoisotopic (exact) mass is 347 g/mol. The van der Waals surface area contributed by atoms with Gasteiger partial charge in [-0.15, -0.1) is 22.7 Å². The maximum Gasteiger partial charge on any atom is 0.246 e. The number of hydrogen-bond acceptors (Lipinski definition) is 5. The second-order valence-corrected chi connectivity index (χ2v) is 7.17. The fourth-order valence-corrected chi connectivity index (χ4v) is 3.68. The summed E-state index contributed by atoms with van der Waals surface area (Å²) in [5.74, 6) is -0.267. The molecule has 1 N–H and O–H groups in total. The Bertz CT molecular complexity index is 680. The second kappa shape index (κ2) is 7.52. The van der Waals surface area contributed by atoms with Gasteiger partial charge in [-0.1, -0.05) is 6.07 Å². The molecular formula is C16H17N3O2S2. The minimum Gasteiger partial charge on any atom is -0.338 e. The van der Waals surface area contributed by atoms with Crippen molar-refractivity contribution in [3.8, 4) is 0 Å². The number of amides is 2. The summed E-state index contributed by atoms with van der Waals surface area (Å²) in [5, 5.41) is 7.22. The second-order valence-electron chi connectivity index (χ2n) is 5.30. The van der Waals surface area contributed by atoms with Crippen LogP contribution in [0.15, 0.2) is 35.2 Å². The summed E-state index contributed by atoms with van der Waals surface area (Å²) < 4.78 is 0. The molecule has 3 heterocycles. The predicted octanol–water partition coefficient (Wildman–Crippen LogP) is 3.10. The first-order chi connectivity index (χ1) is 11.2. The van der Waals surface area contributed by atoms with E-state index in [1.54, 1.807) is 28.5 Å². The van der Waals surface area contributed by atoms with Crippen LogP contribution in [0.3, 0.4) is 0 Å². The van der Waals surface area contributed by atoms with Gasteiger partial charge in [-0.05, 0) is 30.4 Å². The lowest BCUT2D eigenvalue weighted by Crippen LogP contribution is -2.43. The standard InChI is InChI=1S/C16H17N3O2S2/c20-14(6-5-13-4-2-9-22-13)19-8-1-3-12(11-19)15(21)18-16-17-7-10-23-16/h2,4-7,9-10,12H,1,3,8,11H2,(H,17,18,21)/b6-5+. The Hall–Kier alpha value is -1.99. The van der Waals surface area contributed by atoms with Crippen molar-refractivity contribution in [1.82, 2.24) is 9.88 Å². The molecule has 7 heteroatoms. The molecule has 0 bridgehead atoms. The highest BCUT2D eigenvalue weighted by atomic mass is 32.1. The van der Waals surface area contributed by atoms with Crippen LogP contribution in [0, 0.1) is 5.92 Å². The summed E-state index contributed by atoms with van der Waals surface area (Å²) in [5.41, 5.74) is 0. The van der Waals surface area contributed by atoms with Crippen LogP contribution in [0.5, 0.6) is 0 Å². The summed E-state index contributed by atoms with van der Waals surface area (Å²) in [6, 6.07) is 3.92. The van der Waals surface area contributed by atoms with Crippen LogP contribution >= 0.6 is 22.7 Å². The number of piperidine rings is 1. The van der Waals surface area contributed by atoms with Gasteiger partial charge in [-0.2, -0.15) is 0 Å². The molecule has 1 atom stereocenters. The van der Waals surface area contributed by atoms with E-state index in [9.17, 15) is 9.59 Å². The lowest BCUT2D eigenvalue weighted by molar-refractivity contribution is -0.130. The topological polar surface area (TPSA) is 62.3 Å². The average Bonchev–Trinajstić information content (AvgIpc) is 3.26. The highest BCUT2D eigenvalue weighted by molar-refractivity contribution is 7.13. The van der Waals surface area contributed by atoms with E-state index in [4.69, 9.17) is 0 Å². The maximum atomic E-state index is 12.3. The summed E-state index contributed by atoms with van der Waals surface area (Å²) in [7, 11) is 0. The molecule has 0 radical (unpaired) electrons. The van der Waals surface area contributed by atoms with Crippen molar-refractivity contribution in [2.24, 2.45) is 5.92 Å². The summed E-state index contributed by atoms with van der Waals surface area (Å²) in [4.78, 5) is 31.4. The van der Waals surface area contributed by atoms with E-state index in [2.05, 4.69) is 10.3 Å². The van der Waals surface area contributed by atoms with Crippen molar-refractivity contribution in [2.45, 2.75) is 12.8 Å². The number of nitrogens with zero attached hydrogens (tertiary/aromatic N) is 2. The SMILES string of the molecule is O=C(Nc1nccs1)C1CCCN(C(=O)/C=C/c2cccs2)C1. The zero-order valence-corrected chi connectivity index (χ0v) is 14.1. The molecule has 0 spiro atoms. The molecule has 1 aliphatic heterocycles. The van der Waals surface area contributed by atoms with Crippen molar-refractivity contribution in [3.05, 3.63) is 40.0 Å². The number of anilines is 1. The third kappa shape index (κ3) is 4.27. The van der Waals surface area contributed by atoms with Crippen molar-refractivity contribution >= 4 is 45.7 Å². The van der Waals surface area contributed by atoms with Gasteiger partial charge in [0.05, 0.1) is 5.92 Å². The fourth-order valence-electron chi connectivity index (χ4n) is 2.53. The molecule has 3 rings (SSSR count). The molecule has 2 aromatic rings. The normalized spacial score (nSPS) is 18.3. The van der Waals surface area contributed by atoms with Gasteiger partial charge in [0.1, 0.15) is 0 Å². The van der Waals surface area contributed by atoms with E-state index in [0.717, 1.165) is 17.7 Å². The molecule has 2 aromatic heterocycles. The Morgan fingerprint density at radius 3 is 3.00 bits per heavy atom. The van der Waals surface area contributed by atoms with Crippen molar-refractivity contribution < 1.29 is 9.59 Å². The van der Waals surface area contributed by atoms with Gasteiger partial charge in [0.2, 0.25) is 11.8 Å². The van der Waals surface area contributed by atoms with E-state index in [0.29, 0.717) is 18.2 Å².